The van der Waals surface area contributed by atoms with E-state index in [1.54, 1.807) is 24.3 Å². The molecule has 0 radical (unpaired) electrons. The number of hydrogen-bond donors (Lipinski definition) is 2. The van der Waals surface area contributed by atoms with Gasteiger partial charge in [0.1, 0.15) is 0 Å². The summed E-state index contributed by atoms with van der Waals surface area (Å²) in [5.41, 5.74) is 6.82. The summed E-state index contributed by atoms with van der Waals surface area (Å²) in [6.45, 7) is 2.05. The van der Waals surface area contributed by atoms with Gasteiger partial charge in [-0.05, 0) is 37.0 Å². The molecule has 3 aliphatic rings. The second-order valence-electron chi connectivity index (χ2n) is 5.38. The van der Waals surface area contributed by atoms with Gasteiger partial charge in [-0.15, -0.1) is 0 Å². The van der Waals surface area contributed by atoms with Gasteiger partial charge in [0.05, 0.1) is 6.17 Å². The summed E-state index contributed by atoms with van der Waals surface area (Å²) in [6.07, 6.45) is 2.24. The lowest BCUT2D eigenvalue weighted by Gasteiger charge is -2.49. The Morgan fingerprint density at radius 2 is 2.11 bits per heavy atom. The second kappa shape index (κ2) is 5.12. The summed E-state index contributed by atoms with van der Waals surface area (Å²) in [4.78, 5) is 14.5. The zero-order valence-electron chi connectivity index (χ0n) is 10.7. The fourth-order valence-corrected chi connectivity index (χ4v) is 3.31. The molecular formula is C14H18ClN3O. The van der Waals surface area contributed by atoms with E-state index < -0.39 is 0 Å². The van der Waals surface area contributed by atoms with Crippen LogP contribution in [-0.4, -0.2) is 36.1 Å². The fourth-order valence-electron chi connectivity index (χ4n) is 3.12. The van der Waals surface area contributed by atoms with E-state index in [1.807, 2.05) is 0 Å². The van der Waals surface area contributed by atoms with Crippen LogP contribution in [0.1, 0.15) is 23.2 Å². The first-order valence-electron chi connectivity index (χ1n) is 6.71. The van der Waals surface area contributed by atoms with E-state index in [-0.39, 0.29) is 18.1 Å². The molecular weight excluding hydrogens is 262 g/mol. The van der Waals surface area contributed by atoms with E-state index in [9.17, 15) is 4.79 Å². The molecule has 1 amide bonds. The van der Waals surface area contributed by atoms with Crippen LogP contribution in [0.2, 0.25) is 5.02 Å². The van der Waals surface area contributed by atoms with Gasteiger partial charge in [-0.3, -0.25) is 9.69 Å². The van der Waals surface area contributed by atoms with E-state index in [0.717, 1.165) is 25.9 Å². The van der Waals surface area contributed by atoms with Gasteiger partial charge in [-0.2, -0.15) is 0 Å². The van der Waals surface area contributed by atoms with Gasteiger partial charge in [0, 0.05) is 29.7 Å². The van der Waals surface area contributed by atoms with Gasteiger partial charge in [0.25, 0.3) is 5.91 Å². The van der Waals surface area contributed by atoms with Crippen LogP contribution >= 0.6 is 11.6 Å². The van der Waals surface area contributed by atoms with Gasteiger partial charge in [-0.25, -0.2) is 0 Å². The van der Waals surface area contributed by atoms with Crippen molar-refractivity contribution in [2.45, 2.75) is 25.0 Å². The minimum absolute atomic E-state index is 0.0330. The highest BCUT2D eigenvalue weighted by molar-refractivity contribution is 6.30. The predicted octanol–water partition coefficient (Wildman–Crippen LogP) is 1.45. The van der Waals surface area contributed by atoms with Crippen LogP contribution in [0.4, 0.5) is 0 Å². The number of halogens is 1. The molecule has 0 saturated carbocycles. The standard InChI is InChI=1S/C14H18ClN3O/c15-11-3-1-2-10(8-11)14(19)17-13-12(16)9-4-6-18(13)7-5-9/h1-3,8-9,12-13H,4-7,16H2,(H,17,19). The fraction of sp³-hybridized carbons (Fsp3) is 0.500. The number of benzene rings is 1. The van der Waals surface area contributed by atoms with Crippen LogP contribution in [0.5, 0.6) is 0 Å². The zero-order valence-corrected chi connectivity index (χ0v) is 11.4. The average Bonchev–Trinajstić information content (AvgIpc) is 2.43. The first-order valence-corrected chi connectivity index (χ1v) is 7.09. The SMILES string of the molecule is NC1C2CCN(CC2)C1NC(=O)c1cccc(Cl)c1. The molecule has 2 unspecified atom stereocenters. The average molecular weight is 280 g/mol. The number of amides is 1. The lowest BCUT2D eigenvalue weighted by molar-refractivity contribution is 0.0115. The van der Waals surface area contributed by atoms with Crippen LogP contribution in [0, 0.1) is 5.92 Å². The molecule has 3 aliphatic heterocycles. The van der Waals surface area contributed by atoms with Crippen LogP contribution in [0.25, 0.3) is 0 Å². The lowest BCUT2D eigenvalue weighted by atomic mass is 9.82. The summed E-state index contributed by atoms with van der Waals surface area (Å²) in [7, 11) is 0. The smallest absolute Gasteiger partial charge is 0.252 e. The number of carbonyl (C=O) groups excluding carboxylic acids is 1. The molecule has 0 aliphatic carbocycles. The molecule has 4 rings (SSSR count). The number of nitrogens with zero attached hydrogens (tertiary/aromatic N) is 1. The maximum atomic E-state index is 12.2. The largest absolute Gasteiger partial charge is 0.335 e. The number of carbonyl (C=O) groups is 1. The van der Waals surface area contributed by atoms with Crippen molar-refractivity contribution < 1.29 is 4.79 Å². The van der Waals surface area contributed by atoms with Crippen molar-refractivity contribution in [3.63, 3.8) is 0 Å². The predicted molar refractivity (Wildman–Crippen MR) is 75.0 cm³/mol. The van der Waals surface area contributed by atoms with Gasteiger partial charge >= 0.3 is 0 Å². The van der Waals surface area contributed by atoms with Crippen molar-refractivity contribution in [2.75, 3.05) is 13.1 Å². The highest BCUT2D eigenvalue weighted by Crippen LogP contribution is 2.30. The Hall–Kier alpha value is -1.10. The summed E-state index contributed by atoms with van der Waals surface area (Å²) in [5.74, 6) is 0.435. The Morgan fingerprint density at radius 3 is 2.74 bits per heavy atom. The van der Waals surface area contributed by atoms with Crippen molar-refractivity contribution in [1.29, 1.82) is 0 Å². The number of rotatable bonds is 2. The third-order valence-corrected chi connectivity index (χ3v) is 4.48. The van der Waals surface area contributed by atoms with Gasteiger partial charge in [0.2, 0.25) is 0 Å². The maximum Gasteiger partial charge on any atom is 0.252 e. The van der Waals surface area contributed by atoms with Gasteiger partial charge < -0.3 is 11.1 Å². The highest BCUT2D eigenvalue weighted by Gasteiger charge is 2.40. The minimum atomic E-state index is -0.101. The molecule has 0 aromatic heterocycles. The molecule has 1 aromatic rings. The van der Waals surface area contributed by atoms with E-state index in [2.05, 4.69) is 10.2 Å². The third kappa shape index (κ3) is 2.48. The van der Waals surface area contributed by atoms with E-state index in [0.29, 0.717) is 16.5 Å². The molecule has 4 nitrogen and oxygen atoms in total. The van der Waals surface area contributed by atoms with Crippen LogP contribution < -0.4 is 11.1 Å². The van der Waals surface area contributed by atoms with Crippen LogP contribution in [0.3, 0.4) is 0 Å². The molecule has 1 aromatic carbocycles. The molecule has 3 saturated heterocycles. The molecule has 102 valence electrons. The number of hydrogen-bond acceptors (Lipinski definition) is 3. The lowest BCUT2D eigenvalue weighted by Crippen LogP contribution is -2.67. The summed E-state index contributed by atoms with van der Waals surface area (Å²) < 4.78 is 0. The number of piperidine rings is 3. The molecule has 3 heterocycles. The molecule has 0 spiro atoms. The number of nitrogens with two attached hydrogens (primary N) is 1. The third-order valence-electron chi connectivity index (χ3n) is 4.24. The van der Waals surface area contributed by atoms with E-state index in [4.69, 9.17) is 17.3 Å². The maximum absolute atomic E-state index is 12.2. The Kier molecular flexibility index (Phi) is 3.48. The van der Waals surface area contributed by atoms with Crippen molar-refractivity contribution in [2.24, 2.45) is 11.7 Å². The van der Waals surface area contributed by atoms with Crippen molar-refractivity contribution in [1.82, 2.24) is 10.2 Å². The normalized spacial score (nSPS) is 33.2. The molecule has 3 fully saturated rings. The molecule has 2 atom stereocenters. The Morgan fingerprint density at radius 1 is 1.37 bits per heavy atom. The minimum Gasteiger partial charge on any atom is -0.335 e. The van der Waals surface area contributed by atoms with Crippen LogP contribution in [-0.2, 0) is 0 Å². The number of fused-ring (bicyclic) bond motifs is 3. The molecule has 5 heteroatoms. The summed E-state index contributed by atoms with van der Waals surface area (Å²) >= 11 is 5.91. The van der Waals surface area contributed by atoms with E-state index >= 15 is 0 Å². The summed E-state index contributed by atoms with van der Waals surface area (Å²) in [5, 5.41) is 3.62. The Bertz CT molecular complexity index is 483. The second-order valence-corrected chi connectivity index (χ2v) is 5.82. The Labute approximate surface area is 117 Å². The summed E-state index contributed by atoms with van der Waals surface area (Å²) in [6, 6.07) is 7.02. The van der Waals surface area contributed by atoms with Gasteiger partial charge in [0.15, 0.2) is 0 Å². The van der Waals surface area contributed by atoms with Crippen molar-refractivity contribution in [3.8, 4) is 0 Å². The Balaban J connectivity index is 1.73. The van der Waals surface area contributed by atoms with Gasteiger partial charge in [-0.1, -0.05) is 17.7 Å². The quantitative estimate of drug-likeness (QED) is 0.861. The molecule has 19 heavy (non-hydrogen) atoms. The monoisotopic (exact) mass is 279 g/mol. The zero-order chi connectivity index (χ0) is 13.4. The first kappa shape index (κ1) is 12.9. The highest BCUT2D eigenvalue weighted by atomic mass is 35.5. The van der Waals surface area contributed by atoms with E-state index in [1.165, 1.54) is 0 Å². The topological polar surface area (TPSA) is 58.4 Å². The number of nitrogens with one attached hydrogen (secondary N) is 1. The molecule has 3 N–H and O–H groups in total. The molecule has 2 bridgehead atoms. The first-order chi connectivity index (χ1) is 9.15. The van der Waals surface area contributed by atoms with Crippen molar-refractivity contribution >= 4 is 17.5 Å². The van der Waals surface area contributed by atoms with Crippen LogP contribution in [0.15, 0.2) is 24.3 Å². The van der Waals surface area contributed by atoms with Crippen molar-refractivity contribution in [3.05, 3.63) is 34.9 Å².